The van der Waals surface area contributed by atoms with Gasteiger partial charge >= 0.3 is 11.9 Å². The lowest BCUT2D eigenvalue weighted by molar-refractivity contribution is -0.292. The molecule has 2 fully saturated rings. The highest BCUT2D eigenvalue weighted by Gasteiger charge is 2.46. The van der Waals surface area contributed by atoms with Crippen molar-refractivity contribution in [2.45, 2.75) is 74.3 Å². The Morgan fingerprint density at radius 3 is 1.18 bits per heavy atom. The Bertz CT molecular complexity index is 690. The molecular weight excluding hydrogens is 472 g/mol. The molecule has 0 spiro atoms. The predicted molar refractivity (Wildman–Crippen MR) is 99.0 cm³/mol. The second kappa shape index (κ2) is 12.0. The van der Waals surface area contributed by atoms with Gasteiger partial charge in [-0.15, -0.1) is 0 Å². The van der Waals surface area contributed by atoms with Gasteiger partial charge < -0.3 is 59.8 Å². The van der Waals surface area contributed by atoms with Crippen molar-refractivity contribution < 1.29 is 79.0 Å². The molecule has 0 aromatic heterocycles. The fourth-order valence-electron chi connectivity index (χ4n) is 3.13. The van der Waals surface area contributed by atoms with Crippen molar-refractivity contribution in [1.29, 1.82) is 0 Å². The van der Waals surface area contributed by atoms with Gasteiger partial charge in [-0.3, -0.25) is 19.2 Å². The van der Waals surface area contributed by atoms with Crippen LogP contribution in [0.2, 0.25) is 0 Å². The highest BCUT2D eigenvalue weighted by atomic mass is 16.7. The fourth-order valence-corrected chi connectivity index (χ4v) is 3.13. The van der Waals surface area contributed by atoms with Crippen LogP contribution in [-0.2, 0) is 38.1 Å². The van der Waals surface area contributed by atoms with E-state index in [4.69, 9.17) is 19.7 Å². The number of Topliss-reactive ketones (excluding diaryl/α,β-unsaturated/α-hetero) is 2. The number of esters is 2. The van der Waals surface area contributed by atoms with E-state index in [2.05, 4.69) is 9.47 Å². The number of ether oxygens (including phenoxy) is 4. The number of aliphatic hydroxyl groups excluding tert-OH is 8. The van der Waals surface area contributed by atoms with Crippen LogP contribution in [0.25, 0.3) is 0 Å². The number of aliphatic hydroxyl groups is 8. The van der Waals surface area contributed by atoms with Crippen LogP contribution >= 0.6 is 0 Å². The monoisotopic (exact) mass is 498 g/mol. The molecule has 2 aliphatic rings. The van der Waals surface area contributed by atoms with Crippen molar-refractivity contribution in [2.75, 3.05) is 13.2 Å². The van der Waals surface area contributed by atoms with E-state index < -0.39 is 111 Å². The molecule has 8 N–H and O–H groups in total. The molecule has 16 nitrogen and oxygen atoms in total. The smallest absolute Gasteiger partial charge is 0.316 e. The van der Waals surface area contributed by atoms with Gasteiger partial charge in [0.2, 0.25) is 24.1 Å². The molecule has 2 aliphatic heterocycles. The summed E-state index contributed by atoms with van der Waals surface area (Å²) in [6.45, 7) is -1.60. The molecule has 194 valence electrons. The van der Waals surface area contributed by atoms with E-state index in [-0.39, 0.29) is 0 Å². The van der Waals surface area contributed by atoms with E-state index in [0.29, 0.717) is 0 Å². The quantitative estimate of drug-likeness (QED) is 0.0834. The van der Waals surface area contributed by atoms with Crippen molar-refractivity contribution in [2.24, 2.45) is 0 Å². The molecule has 34 heavy (non-hydrogen) atoms. The standard InChI is InChI=1S/C18H26O16/c19-3-7-11(25)13(27)15(29)17(31-7)33-9(23)1-5(21)6(22)2-10(24)34-18-16(30)14(28)12(26)8(4-20)32-18/h7-8,11-20,25-30H,1-4H2/t7-,8-,11-,12-,13+,14+,15-,16-,17?,18?/m1/s1. The molecule has 0 aromatic carbocycles. The van der Waals surface area contributed by atoms with E-state index in [0.717, 1.165) is 0 Å². The second-order valence-electron chi connectivity index (χ2n) is 7.57. The maximum absolute atomic E-state index is 11.9. The molecule has 2 unspecified atom stereocenters. The van der Waals surface area contributed by atoms with E-state index in [1.807, 2.05) is 0 Å². The normalized spacial score (nSPS) is 38.1. The minimum Gasteiger partial charge on any atom is -0.432 e. The molecule has 2 rings (SSSR count). The molecule has 2 saturated heterocycles. The lowest BCUT2D eigenvalue weighted by Gasteiger charge is -2.39. The molecule has 16 heteroatoms. The summed E-state index contributed by atoms with van der Waals surface area (Å²) in [7, 11) is 0. The molecule has 0 aliphatic carbocycles. The van der Waals surface area contributed by atoms with Gasteiger partial charge in [-0.05, 0) is 0 Å². The Morgan fingerprint density at radius 2 is 0.882 bits per heavy atom. The maximum Gasteiger partial charge on any atom is 0.316 e. The minimum atomic E-state index is -1.93. The lowest BCUT2D eigenvalue weighted by Crippen LogP contribution is -2.59. The Morgan fingerprint density at radius 1 is 0.559 bits per heavy atom. The molecule has 2 heterocycles. The summed E-state index contributed by atoms with van der Waals surface area (Å²) in [4.78, 5) is 47.6. The third kappa shape index (κ3) is 6.51. The van der Waals surface area contributed by atoms with Crippen molar-refractivity contribution in [3.05, 3.63) is 0 Å². The third-order valence-electron chi connectivity index (χ3n) is 5.11. The zero-order chi connectivity index (χ0) is 25.7. The molecule has 0 amide bonds. The summed E-state index contributed by atoms with van der Waals surface area (Å²) >= 11 is 0. The zero-order valence-corrected chi connectivity index (χ0v) is 17.4. The number of hydrogen-bond acceptors (Lipinski definition) is 16. The van der Waals surface area contributed by atoms with Crippen LogP contribution in [-0.4, -0.2) is 139 Å². The summed E-state index contributed by atoms with van der Waals surface area (Å²) in [5, 5.41) is 76.4. The van der Waals surface area contributed by atoms with E-state index >= 15 is 0 Å². The highest BCUT2D eigenvalue weighted by Crippen LogP contribution is 2.23. The Labute approximate surface area is 190 Å². The van der Waals surface area contributed by atoms with Crippen LogP contribution in [0.4, 0.5) is 0 Å². The molecular formula is C18H26O16. The maximum atomic E-state index is 11.9. The van der Waals surface area contributed by atoms with Crippen LogP contribution < -0.4 is 0 Å². The van der Waals surface area contributed by atoms with Crippen LogP contribution in [0, 0.1) is 0 Å². The summed E-state index contributed by atoms with van der Waals surface area (Å²) in [6.07, 6.45) is -19.9. The van der Waals surface area contributed by atoms with E-state index in [1.54, 1.807) is 0 Å². The van der Waals surface area contributed by atoms with E-state index in [9.17, 15) is 49.8 Å². The van der Waals surface area contributed by atoms with Crippen molar-refractivity contribution in [3.63, 3.8) is 0 Å². The first-order chi connectivity index (χ1) is 15.9. The van der Waals surface area contributed by atoms with Gasteiger partial charge in [0, 0.05) is 0 Å². The average Bonchev–Trinajstić information content (AvgIpc) is 2.79. The van der Waals surface area contributed by atoms with E-state index in [1.165, 1.54) is 0 Å². The first-order valence-corrected chi connectivity index (χ1v) is 9.97. The van der Waals surface area contributed by atoms with Crippen LogP contribution in [0.5, 0.6) is 0 Å². The second-order valence-corrected chi connectivity index (χ2v) is 7.57. The summed E-state index contributed by atoms with van der Waals surface area (Å²) in [6, 6.07) is 0. The van der Waals surface area contributed by atoms with Gasteiger partial charge in [0.1, 0.15) is 61.7 Å². The van der Waals surface area contributed by atoms with Crippen molar-refractivity contribution >= 4 is 23.5 Å². The summed E-state index contributed by atoms with van der Waals surface area (Å²) < 4.78 is 19.1. The Kier molecular flexibility index (Phi) is 9.95. The largest absolute Gasteiger partial charge is 0.432 e. The molecule has 0 radical (unpaired) electrons. The molecule has 0 bridgehead atoms. The molecule has 10 atom stereocenters. The fraction of sp³-hybridized carbons (Fsp3) is 0.778. The topological polar surface area (TPSA) is 267 Å². The summed E-state index contributed by atoms with van der Waals surface area (Å²) in [5.41, 5.74) is 0. The lowest BCUT2D eigenvalue weighted by atomic mass is 9.99. The first kappa shape index (κ1) is 28.1. The first-order valence-electron chi connectivity index (χ1n) is 9.97. The van der Waals surface area contributed by atoms with Crippen LogP contribution in [0.1, 0.15) is 12.8 Å². The predicted octanol–water partition coefficient (Wildman–Crippen LogP) is -6.41. The van der Waals surface area contributed by atoms with Gasteiger partial charge in [0.05, 0.1) is 13.2 Å². The third-order valence-corrected chi connectivity index (χ3v) is 5.11. The number of ketones is 2. The van der Waals surface area contributed by atoms with Crippen molar-refractivity contribution in [1.82, 2.24) is 0 Å². The number of carbonyl (C=O) groups excluding carboxylic acids is 4. The molecule has 0 aromatic rings. The van der Waals surface area contributed by atoms with Gasteiger partial charge in [0.15, 0.2) is 0 Å². The highest BCUT2D eigenvalue weighted by molar-refractivity contribution is 6.42. The Hall–Kier alpha value is -2.12. The van der Waals surface area contributed by atoms with Crippen molar-refractivity contribution in [3.8, 4) is 0 Å². The number of hydrogen-bond donors (Lipinski definition) is 8. The van der Waals surface area contributed by atoms with Gasteiger partial charge in [-0.25, -0.2) is 0 Å². The Balaban J connectivity index is 1.85. The van der Waals surface area contributed by atoms with Gasteiger partial charge in [0.25, 0.3) is 0 Å². The summed E-state index contributed by atoms with van der Waals surface area (Å²) in [5.74, 6) is -5.63. The minimum absolute atomic E-state index is 0.799. The number of carbonyl (C=O) groups is 4. The average molecular weight is 498 g/mol. The van der Waals surface area contributed by atoms with Crippen LogP contribution in [0.15, 0.2) is 0 Å². The van der Waals surface area contributed by atoms with Gasteiger partial charge in [-0.2, -0.15) is 0 Å². The number of rotatable bonds is 9. The zero-order valence-electron chi connectivity index (χ0n) is 17.4. The van der Waals surface area contributed by atoms with Gasteiger partial charge in [-0.1, -0.05) is 0 Å². The molecule has 0 saturated carbocycles. The SMILES string of the molecule is O=C(CC(=O)C(=O)CC(=O)OC1O[C@H](CO)[C@@H](O)[C@H](O)[C@H]1O)OC1O[C@H](CO)[C@@H](O)[C@H](O)[C@H]1O. The van der Waals surface area contributed by atoms with Crippen LogP contribution in [0.3, 0.4) is 0 Å².